The third-order valence-electron chi connectivity index (χ3n) is 3.06. The molecule has 0 saturated heterocycles. The molecule has 1 aromatic carbocycles. The standard InChI is InChI=1S/C13H17N/c1-10-5-4-7-11-6-2-3-8-12(11)13(10)9-14/h2-3,6,8H,4-5,7,9,14H2,1H3. The van der Waals surface area contributed by atoms with Gasteiger partial charge in [-0.05, 0) is 42.9 Å². The lowest BCUT2D eigenvalue weighted by Crippen LogP contribution is -2.05. The van der Waals surface area contributed by atoms with Gasteiger partial charge in [-0.2, -0.15) is 0 Å². The van der Waals surface area contributed by atoms with Crippen LogP contribution in [0.15, 0.2) is 29.8 Å². The first-order valence-electron chi connectivity index (χ1n) is 5.30. The molecule has 14 heavy (non-hydrogen) atoms. The van der Waals surface area contributed by atoms with Crippen LogP contribution in [0.2, 0.25) is 0 Å². The first-order valence-corrected chi connectivity index (χ1v) is 5.30. The van der Waals surface area contributed by atoms with Crippen LogP contribution in [0, 0.1) is 0 Å². The van der Waals surface area contributed by atoms with Crippen molar-refractivity contribution in [3.05, 3.63) is 41.0 Å². The van der Waals surface area contributed by atoms with E-state index in [9.17, 15) is 0 Å². The topological polar surface area (TPSA) is 26.0 Å². The van der Waals surface area contributed by atoms with Gasteiger partial charge in [0.25, 0.3) is 0 Å². The highest BCUT2D eigenvalue weighted by Gasteiger charge is 2.12. The average Bonchev–Trinajstić information content (AvgIpc) is 2.36. The van der Waals surface area contributed by atoms with E-state index in [-0.39, 0.29) is 0 Å². The molecule has 0 spiro atoms. The first-order chi connectivity index (χ1) is 6.83. The normalized spacial score (nSPS) is 16.4. The lowest BCUT2D eigenvalue weighted by molar-refractivity contribution is 0.823. The molecule has 0 fully saturated rings. The highest BCUT2D eigenvalue weighted by molar-refractivity contribution is 5.72. The van der Waals surface area contributed by atoms with Crippen LogP contribution in [0.4, 0.5) is 0 Å². The predicted molar refractivity (Wildman–Crippen MR) is 61.0 cm³/mol. The van der Waals surface area contributed by atoms with Crippen molar-refractivity contribution in [2.75, 3.05) is 6.54 Å². The molecule has 1 heteroatoms. The summed E-state index contributed by atoms with van der Waals surface area (Å²) in [5.41, 5.74) is 11.5. The van der Waals surface area contributed by atoms with Crippen LogP contribution in [0.5, 0.6) is 0 Å². The molecule has 2 N–H and O–H groups in total. The number of aryl methyl sites for hydroxylation is 1. The molecule has 2 rings (SSSR count). The molecule has 74 valence electrons. The fourth-order valence-corrected chi connectivity index (χ4v) is 2.24. The molecular formula is C13H17N. The summed E-state index contributed by atoms with van der Waals surface area (Å²) in [6, 6.07) is 8.65. The summed E-state index contributed by atoms with van der Waals surface area (Å²) < 4.78 is 0. The number of hydrogen-bond donors (Lipinski definition) is 1. The first kappa shape index (κ1) is 9.47. The van der Waals surface area contributed by atoms with Crippen molar-refractivity contribution in [2.45, 2.75) is 26.2 Å². The monoisotopic (exact) mass is 187 g/mol. The molecule has 0 radical (unpaired) electrons. The third kappa shape index (κ3) is 1.60. The molecule has 1 aliphatic carbocycles. The van der Waals surface area contributed by atoms with Crippen LogP contribution in [0.1, 0.15) is 30.9 Å². The van der Waals surface area contributed by atoms with Gasteiger partial charge in [-0.25, -0.2) is 0 Å². The van der Waals surface area contributed by atoms with Crippen LogP contribution in [-0.2, 0) is 6.42 Å². The Morgan fingerprint density at radius 3 is 2.79 bits per heavy atom. The second kappa shape index (κ2) is 3.97. The Balaban J connectivity index is 2.55. The molecule has 0 aromatic heterocycles. The molecular weight excluding hydrogens is 170 g/mol. The number of fused-ring (bicyclic) bond motifs is 1. The van der Waals surface area contributed by atoms with Gasteiger partial charge >= 0.3 is 0 Å². The Labute approximate surface area is 85.6 Å². The van der Waals surface area contributed by atoms with Gasteiger partial charge < -0.3 is 5.73 Å². The Hall–Kier alpha value is -1.08. The van der Waals surface area contributed by atoms with E-state index in [0.29, 0.717) is 6.54 Å². The van der Waals surface area contributed by atoms with Gasteiger partial charge in [-0.1, -0.05) is 29.8 Å². The fourth-order valence-electron chi connectivity index (χ4n) is 2.24. The second-order valence-electron chi connectivity index (χ2n) is 3.97. The van der Waals surface area contributed by atoms with Gasteiger partial charge in [0.05, 0.1) is 0 Å². The lowest BCUT2D eigenvalue weighted by Gasteiger charge is -2.10. The summed E-state index contributed by atoms with van der Waals surface area (Å²) in [6.45, 7) is 2.88. The van der Waals surface area contributed by atoms with E-state index < -0.39 is 0 Å². The summed E-state index contributed by atoms with van der Waals surface area (Å²) >= 11 is 0. The Bertz CT molecular complexity index is 363. The zero-order valence-electron chi connectivity index (χ0n) is 8.72. The molecule has 0 atom stereocenters. The Morgan fingerprint density at radius 2 is 2.00 bits per heavy atom. The van der Waals surface area contributed by atoms with Crippen LogP contribution >= 0.6 is 0 Å². The summed E-state index contributed by atoms with van der Waals surface area (Å²) in [5, 5.41) is 0. The molecule has 0 unspecified atom stereocenters. The smallest absolute Gasteiger partial charge is 0.0183 e. The quantitative estimate of drug-likeness (QED) is 0.718. The van der Waals surface area contributed by atoms with E-state index in [1.165, 1.54) is 41.5 Å². The van der Waals surface area contributed by atoms with Crippen LogP contribution in [-0.4, -0.2) is 6.54 Å². The minimum atomic E-state index is 0.669. The molecule has 0 amide bonds. The van der Waals surface area contributed by atoms with Crippen molar-refractivity contribution in [1.29, 1.82) is 0 Å². The van der Waals surface area contributed by atoms with E-state index in [0.717, 1.165) is 0 Å². The summed E-state index contributed by atoms with van der Waals surface area (Å²) in [5.74, 6) is 0. The number of allylic oxidation sites excluding steroid dienone is 1. The summed E-state index contributed by atoms with van der Waals surface area (Å²) in [4.78, 5) is 0. The highest BCUT2D eigenvalue weighted by Crippen LogP contribution is 2.28. The van der Waals surface area contributed by atoms with Gasteiger partial charge in [0.1, 0.15) is 0 Å². The number of rotatable bonds is 1. The summed E-state index contributed by atoms with van der Waals surface area (Å²) in [6.07, 6.45) is 3.64. The maximum absolute atomic E-state index is 5.82. The number of nitrogens with two attached hydrogens (primary N) is 1. The molecule has 0 aliphatic heterocycles. The largest absolute Gasteiger partial charge is 0.326 e. The zero-order valence-corrected chi connectivity index (χ0v) is 8.72. The number of benzene rings is 1. The maximum Gasteiger partial charge on any atom is 0.0183 e. The van der Waals surface area contributed by atoms with E-state index in [1.54, 1.807) is 0 Å². The molecule has 0 saturated carbocycles. The van der Waals surface area contributed by atoms with E-state index in [4.69, 9.17) is 5.73 Å². The lowest BCUT2D eigenvalue weighted by atomic mass is 9.97. The zero-order chi connectivity index (χ0) is 9.97. The van der Waals surface area contributed by atoms with Crippen molar-refractivity contribution in [2.24, 2.45) is 5.73 Å². The molecule has 1 aliphatic rings. The van der Waals surface area contributed by atoms with Crippen LogP contribution in [0.25, 0.3) is 5.57 Å². The number of hydrogen-bond acceptors (Lipinski definition) is 1. The van der Waals surface area contributed by atoms with Gasteiger partial charge in [-0.3, -0.25) is 0 Å². The Morgan fingerprint density at radius 1 is 1.21 bits per heavy atom. The SMILES string of the molecule is CC1=C(CN)c2ccccc2CCC1. The summed E-state index contributed by atoms with van der Waals surface area (Å²) in [7, 11) is 0. The van der Waals surface area contributed by atoms with Crippen molar-refractivity contribution >= 4 is 5.57 Å². The van der Waals surface area contributed by atoms with Crippen molar-refractivity contribution in [3.8, 4) is 0 Å². The fraction of sp³-hybridized carbons (Fsp3) is 0.385. The van der Waals surface area contributed by atoms with Crippen molar-refractivity contribution < 1.29 is 0 Å². The van der Waals surface area contributed by atoms with Gasteiger partial charge in [0, 0.05) is 6.54 Å². The second-order valence-corrected chi connectivity index (χ2v) is 3.97. The minimum Gasteiger partial charge on any atom is -0.326 e. The molecule has 0 heterocycles. The van der Waals surface area contributed by atoms with E-state index in [2.05, 4.69) is 31.2 Å². The molecule has 1 aromatic rings. The minimum absolute atomic E-state index is 0.669. The van der Waals surface area contributed by atoms with Crippen molar-refractivity contribution in [3.63, 3.8) is 0 Å². The van der Waals surface area contributed by atoms with Crippen molar-refractivity contribution in [1.82, 2.24) is 0 Å². The van der Waals surface area contributed by atoms with Gasteiger partial charge in [0.2, 0.25) is 0 Å². The molecule has 1 nitrogen and oxygen atoms in total. The molecule has 0 bridgehead atoms. The van der Waals surface area contributed by atoms with Gasteiger partial charge in [-0.15, -0.1) is 0 Å². The Kier molecular flexibility index (Phi) is 2.69. The highest BCUT2D eigenvalue weighted by atomic mass is 14.5. The van der Waals surface area contributed by atoms with Gasteiger partial charge in [0.15, 0.2) is 0 Å². The maximum atomic E-state index is 5.82. The van der Waals surface area contributed by atoms with E-state index in [1.807, 2.05) is 0 Å². The van der Waals surface area contributed by atoms with Crippen LogP contribution < -0.4 is 5.73 Å². The third-order valence-corrected chi connectivity index (χ3v) is 3.06. The van der Waals surface area contributed by atoms with E-state index >= 15 is 0 Å². The van der Waals surface area contributed by atoms with Crippen LogP contribution in [0.3, 0.4) is 0 Å². The predicted octanol–water partition coefficient (Wildman–Crippen LogP) is 2.76. The average molecular weight is 187 g/mol.